The van der Waals surface area contributed by atoms with Crippen LogP contribution in [0.1, 0.15) is 47.2 Å². The second-order valence-corrected chi connectivity index (χ2v) is 11.7. The summed E-state index contributed by atoms with van der Waals surface area (Å²) in [6.07, 6.45) is 3.04. The van der Waals surface area contributed by atoms with E-state index in [-0.39, 0.29) is 35.3 Å². The molecule has 0 radical (unpaired) electrons. The van der Waals surface area contributed by atoms with Crippen LogP contribution < -0.4 is 5.73 Å². The van der Waals surface area contributed by atoms with Gasteiger partial charge in [-0.05, 0) is 89.8 Å². The quantitative estimate of drug-likeness (QED) is 0.421. The lowest BCUT2D eigenvalue weighted by atomic mass is 9.52. The molecular weight excluding hydrogens is 509 g/mol. The molecule has 4 aliphatic rings. The van der Waals surface area contributed by atoms with Gasteiger partial charge in [-0.2, -0.15) is 0 Å². The molecule has 1 amide bonds. The summed E-state index contributed by atoms with van der Waals surface area (Å²) < 4.78 is 15.4. The van der Waals surface area contributed by atoms with E-state index in [9.17, 15) is 34.2 Å². The van der Waals surface area contributed by atoms with Crippen molar-refractivity contribution in [3.8, 4) is 5.75 Å². The molecule has 0 spiro atoms. The number of aryl methyl sites for hydroxylation is 1. The summed E-state index contributed by atoms with van der Waals surface area (Å²) >= 11 is 0. The second-order valence-electron chi connectivity index (χ2n) is 11.7. The van der Waals surface area contributed by atoms with Crippen molar-refractivity contribution in [3.63, 3.8) is 0 Å². The van der Waals surface area contributed by atoms with Crippen LogP contribution in [0.3, 0.4) is 0 Å². The number of hydrogen-bond acceptors (Lipinski definition) is 9. The summed E-state index contributed by atoms with van der Waals surface area (Å²) in [7, 11) is 3.02. The highest BCUT2D eigenvalue weighted by molar-refractivity contribution is 6.32. The Morgan fingerprint density at radius 1 is 1.18 bits per heavy atom. The Kier molecular flexibility index (Phi) is 6.97. The van der Waals surface area contributed by atoms with E-state index < -0.39 is 70.2 Å². The third kappa shape index (κ3) is 4.13. The van der Waals surface area contributed by atoms with Gasteiger partial charge in [0, 0.05) is 11.5 Å². The number of phenols is 1. The second kappa shape index (κ2) is 9.87. The van der Waals surface area contributed by atoms with Gasteiger partial charge in [-0.3, -0.25) is 28.9 Å². The zero-order chi connectivity index (χ0) is 28.4. The number of nitrogens with zero attached hydrogens (tertiary/aromatic N) is 2. The molecule has 0 aromatic heterocycles. The van der Waals surface area contributed by atoms with Crippen LogP contribution in [0.5, 0.6) is 5.75 Å². The average Bonchev–Trinajstić information content (AvgIpc) is 3.37. The summed E-state index contributed by atoms with van der Waals surface area (Å²) in [4.78, 5) is 69.7. The van der Waals surface area contributed by atoms with Crippen LogP contribution in [0.15, 0.2) is 6.07 Å². The van der Waals surface area contributed by atoms with E-state index in [0.717, 1.165) is 32.5 Å². The summed E-state index contributed by atoms with van der Waals surface area (Å²) in [5, 5.41) is 22.7. The van der Waals surface area contributed by atoms with Gasteiger partial charge in [-0.1, -0.05) is 0 Å². The monoisotopic (exact) mass is 543 g/mol. The van der Waals surface area contributed by atoms with Crippen LogP contribution in [0.25, 0.3) is 0 Å². The van der Waals surface area contributed by atoms with Gasteiger partial charge >= 0.3 is 0 Å². The predicted octanol–water partition coefficient (Wildman–Crippen LogP) is 0.0345. The van der Waals surface area contributed by atoms with Crippen LogP contribution in [-0.4, -0.2) is 94.4 Å². The number of aromatic hydroxyl groups is 1. The normalized spacial score (nSPS) is 32.8. The molecule has 5 rings (SSSR count). The molecule has 210 valence electrons. The smallest absolute Gasteiger partial charge is 0.235 e. The van der Waals surface area contributed by atoms with Crippen LogP contribution >= 0.6 is 0 Å². The van der Waals surface area contributed by atoms with Crippen LogP contribution in [0.4, 0.5) is 4.39 Å². The lowest BCUT2D eigenvalue weighted by molar-refractivity contribution is -0.181. The highest BCUT2D eigenvalue weighted by Crippen LogP contribution is 2.51. The van der Waals surface area contributed by atoms with Gasteiger partial charge < -0.3 is 20.8 Å². The topological polar surface area (TPSA) is 158 Å². The molecule has 39 heavy (non-hydrogen) atoms. The first-order chi connectivity index (χ1) is 18.4. The van der Waals surface area contributed by atoms with Gasteiger partial charge in [0.1, 0.15) is 11.6 Å². The van der Waals surface area contributed by atoms with E-state index >= 15 is 4.39 Å². The Balaban J connectivity index is 1.51. The minimum Gasteiger partial charge on any atom is -0.507 e. The Morgan fingerprint density at radius 3 is 2.46 bits per heavy atom. The van der Waals surface area contributed by atoms with Crippen LogP contribution in [0, 0.1) is 29.5 Å². The van der Waals surface area contributed by atoms with Gasteiger partial charge in [0.2, 0.25) is 5.91 Å². The number of ketones is 4. The standard InChI is InChI=1S/C28H34FN3O7/c1-31(2)21-16-11-14-10-15-17(29)12-13(6-5-9-32-7-3-4-8-32)22(33)19(15)23(34)18(14)25(36)28(16,39)26(37)20(24(21)35)27(30)38/h12,14,16,18,20-21,33,39H,3-11H2,1-2H3,(H2,30,38)/t14-,16-,18?,20?,21-,28-/m0/s1. The predicted molar refractivity (Wildman–Crippen MR) is 135 cm³/mol. The number of aliphatic hydroxyl groups is 1. The number of fused-ring (bicyclic) bond motifs is 3. The molecule has 6 atom stereocenters. The molecule has 2 unspecified atom stereocenters. The van der Waals surface area contributed by atoms with Gasteiger partial charge in [-0.15, -0.1) is 0 Å². The number of primary amides is 1. The highest BCUT2D eigenvalue weighted by atomic mass is 19.1. The number of likely N-dealkylation sites (N-methyl/N-ethyl adjacent to an activating group) is 1. The molecule has 1 aromatic carbocycles. The van der Waals surface area contributed by atoms with E-state index in [1.807, 2.05) is 0 Å². The summed E-state index contributed by atoms with van der Waals surface area (Å²) in [6.45, 7) is 2.76. The third-order valence-corrected chi connectivity index (χ3v) is 9.20. The molecule has 10 nitrogen and oxygen atoms in total. The zero-order valence-electron chi connectivity index (χ0n) is 22.1. The maximum absolute atomic E-state index is 15.4. The van der Waals surface area contributed by atoms with E-state index in [2.05, 4.69) is 4.90 Å². The largest absolute Gasteiger partial charge is 0.507 e. The number of likely N-dealkylation sites (tertiary alicyclic amines) is 1. The van der Waals surface area contributed by atoms with Crippen molar-refractivity contribution in [2.45, 2.75) is 50.2 Å². The molecular formula is C28H34FN3O7. The van der Waals surface area contributed by atoms with Gasteiger partial charge in [0.15, 0.2) is 34.7 Å². The molecule has 3 aliphatic carbocycles. The highest BCUT2D eigenvalue weighted by Gasteiger charge is 2.69. The van der Waals surface area contributed by atoms with Gasteiger partial charge in [-0.25, -0.2) is 4.39 Å². The van der Waals surface area contributed by atoms with Crippen molar-refractivity contribution < 1.29 is 38.6 Å². The van der Waals surface area contributed by atoms with Gasteiger partial charge in [0.25, 0.3) is 0 Å². The molecule has 1 heterocycles. The van der Waals surface area contributed by atoms with Crippen molar-refractivity contribution in [1.29, 1.82) is 0 Å². The first-order valence-corrected chi connectivity index (χ1v) is 13.5. The van der Waals surface area contributed by atoms with Crippen LogP contribution in [0.2, 0.25) is 0 Å². The fourth-order valence-corrected chi connectivity index (χ4v) is 7.37. The fraction of sp³-hybridized carbons (Fsp3) is 0.607. The van der Waals surface area contributed by atoms with Crippen molar-refractivity contribution in [3.05, 3.63) is 28.6 Å². The Hall–Kier alpha value is -3.02. The number of Topliss-reactive ketones (excluding diaryl/α,β-unsaturated/α-hetero) is 4. The Bertz CT molecular complexity index is 1270. The lowest BCUT2D eigenvalue weighted by Gasteiger charge is -2.52. The number of carbonyl (C=O) groups excluding carboxylic acids is 5. The maximum Gasteiger partial charge on any atom is 0.235 e. The molecule has 2 saturated carbocycles. The number of halogens is 1. The third-order valence-electron chi connectivity index (χ3n) is 9.20. The zero-order valence-corrected chi connectivity index (χ0v) is 22.1. The van der Waals surface area contributed by atoms with Crippen molar-refractivity contribution in [2.75, 3.05) is 33.7 Å². The number of benzene rings is 1. The number of carbonyl (C=O) groups is 5. The van der Waals surface area contributed by atoms with E-state index in [0.29, 0.717) is 12.8 Å². The van der Waals surface area contributed by atoms with E-state index in [1.54, 1.807) is 0 Å². The molecule has 1 aromatic rings. The van der Waals surface area contributed by atoms with E-state index in [1.165, 1.54) is 25.1 Å². The molecule has 4 N–H and O–H groups in total. The van der Waals surface area contributed by atoms with Gasteiger partial charge in [0.05, 0.1) is 17.5 Å². The average molecular weight is 544 g/mol. The minimum atomic E-state index is -2.79. The summed E-state index contributed by atoms with van der Waals surface area (Å²) in [5.74, 6) is -12.1. The molecule has 11 heteroatoms. The fourth-order valence-electron chi connectivity index (χ4n) is 7.37. The molecule has 3 fully saturated rings. The SMILES string of the molecule is CN(C)[C@@H]1C(=O)C(C(N)=O)C(=O)[C@@]2(O)C(=O)C3C(=O)c4c(O)c(CCCN5CCCC5)cc(F)c4C[C@H]3C[C@@H]12. The Morgan fingerprint density at radius 2 is 1.85 bits per heavy atom. The number of hydrogen-bond donors (Lipinski definition) is 3. The maximum atomic E-state index is 15.4. The molecule has 1 saturated heterocycles. The number of rotatable bonds is 6. The Labute approximate surface area is 225 Å². The summed E-state index contributed by atoms with van der Waals surface area (Å²) in [5.41, 5.74) is 2.49. The number of nitrogens with two attached hydrogens (primary N) is 1. The van der Waals surface area contributed by atoms with Crippen LogP contribution in [-0.2, 0) is 32.0 Å². The minimum absolute atomic E-state index is 0.00911. The number of phenolic OH excluding ortho intramolecular Hbond substituents is 1. The van der Waals surface area contributed by atoms with Crippen molar-refractivity contribution >= 4 is 29.0 Å². The summed E-state index contributed by atoms with van der Waals surface area (Å²) in [6, 6.07) is 0.0448. The molecule has 0 bridgehead atoms. The first kappa shape index (κ1) is 27.5. The van der Waals surface area contributed by atoms with Crippen molar-refractivity contribution in [2.24, 2.45) is 29.4 Å². The lowest BCUT2D eigenvalue weighted by Crippen LogP contribution is -2.74. The first-order valence-electron chi connectivity index (χ1n) is 13.5. The van der Waals surface area contributed by atoms with E-state index in [4.69, 9.17) is 5.73 Å². The van der Waals surface area contributed by atoms with Crippen molar-refractivity contribution in [1.82, 2.24) is 9.80 Å². The number of amides is 1. The molecule has 1 aliphatic heterocycles.